The average Bonchev–Trinajstić information content (AvgIpc) is 3.86. The van der Waals surface area contributed by atoms with Crippen LogP contribution >= 0.6 is 0 Å². The van der Waals surface area contributed by atoms with E-state index in [1.54, 1.807) is 30.6 Å². The maximum absolute atomic E-state index is 14.1. The van der Waals surface area contributed by atoms with Crippen molar-refractivity contribution in [3.63, 3.8) is 0 Å². The number of ether oxygens (including phenoxy) is 1. The number of pyridine rings is 1. The van der Waals surface area contributed by atoms with E-state index in [9.17, 15) is 28.4 Å². The molecule has 4 fully saturated rings. The Kier molecular flexibility index (Phi) is 14.8. The lowest BCUT2D eigenvalue weighted by atomic mass is 9.59. The van der Waals surface area contributed by atoms with Gasteiger partial charge in [0.25, 0.3) is 21.6 Å². The van der Waals surface area contributed by atoms with Gasteiger partial charge < -0.3 is 25.0 Å². The summed E-state index contributed by atoms with van der Waals surface area (Å²) in [5.74, 6) is 0.184. The highest BCUT2D eigenvalue weighted by atomic mass is 32.2. The van der Waals surface area contributed by atoms with Crippen molar-refractivity contribution in [2.45, 2.75) is 133 Å². The maximum atomic E-state index is 14.1. The van der Waals surface area contributed by atoms with Crippen LogP contribution in [-0.2, 0) is 23.0 Å². The van der Waals surface area contributed by atoms with Crippen LogP contribution in [-0.4, -0.2) is 94.5 Å². The normalized spacial score (nSPS) is 22.5. The molecule has 16 heteroatoms. The first kappa shape index (κ1) is 52.1. The molecule has 0 radical (unpaired) electrons. The molecule has 2 atom stereocenters. The lowest BCUT2D eigenvalue weighted by molar-refractivity contribution is -0.384. The zero-order valence-electron chi connectivity index (χ0n) is 43.9. The van der Waals surface area contributed by atoms with E-state index in [1.165, 1.54) is 34.4 Å². The number of aromatic amines is 1. The zero-order chi connectivity index (χ0) is 52.6. The Labute approximate surface area is 441 Å². The first-order valence-electron chi connectivity index (χ1n) is 27.0. The van der Waals surface area contributed by atoms with Gasteiger partial charge in [-0.05, 0) is 148 Å². The minimum atomic E-state index is -4.59. The number of sulfonamides is 1. The second-order valence-electron chi connectivity index (χ2n) is 22.5. The summed E-state index contributed by atoms with van der Waals surface area (Å²) in [7, 11) is -4.59. The number of anilines is 2. The number of nitrogens with zero attached hydrogens (tertiary/aromatic N) is 5. The first-order chi connectivity index (χ1) is 36.0. The fraction of sp³-hybridized carbons (Fsp3) is 0.458. The molecule has 4 aromatic carbocycles. The van der Waals surface area contributed by atoms with Crippen LogP contribution < -0.4 is 19.7 Å². The molecule has 2 saturated heterocycles. The van der Waals surface area contributed by atoms with Crippen LogP contribution in [0.15, 0.2) is 114 Å². The van der Waals surface area contributed by atoms with Crippen LogP contribution in [0.2, 0.25) is 0 Å². The highest BCUT2D eigenvalue weighted by molar-refractivity contribution is 7.90. The SMILES string of the molecule is CCc1ccc(CN2CCN(C3CC4(CCN(c5ccc(C(=O)NS(=O)(=O)c6ccc(NC[C@H]7CC[C@](C)(O)CC7)c([N+](=O)[O-])c6)c(Oc6cnc7[nH]ccc7c6)c5)CC4)C3)C(c3ccccc3C(C)C)C2C)cc1. The molecule has 2 aliphatic carbocycles. The molecule has 2 aromatic heterocycles. The summed E-state index contributed by atoms with van der Waals surface area (Å²) in [6, 6.07) is 31.8. The summed E-state index contributed by atoms with van der Waals surface area (Å²) >= 11 is 0. The number of amides is 1. The topological polar surface area (TPSA) is 186 Å². The Hall–Kier alpha value is -6.33. The van der Waals surface area contributed by atoms with Gasteiger partial charge >= 0.3 is 0 Å². The summed E-state index contributed by atoms with van der Waals surface area (Å²) in [6.45, 7) is 16.1. The van der Waals surface area contributed by atoms with Crippen molar-refractivity contribution < 1.29 is 28.0 Å². The third kappa shape index (κ3) is 11.3. The number of piperidine rings is 1. The molecular weight excluding hydrogens is 965 g/mol. The number of aliphatic hydroxyl groups is 1. The third-order valence-electron chi connectivity index (χ3n) is 17.1. The fourth-order valence-corrected chi connectivity index (χ4v) is 13.4. The number of benzene rings is 4. The Morgan fingerprint density at radius 1 is 0.933 bits per heavy atom. The van der Waals surface area contributed by atoms with E-state index in [0.29, 0.717) is 48.8 Å². The fourth-order valence-electron chi connectivity index (χ4n) is 12.4. The number of carbonyl (C=O) groups is 1. The van der Waals surface area contributed by atoms with Gasteiger partial charge in [0, 0.05) is 80.8 Å². The van der Waals surface area contributed by atoms with Gasteiger partial charge in [-0.2, -0.15) is 0 Å². The largest absolute Gasteiger partial charge is 0.455 e. The molecule has 1 spiro atoms. The van der Waals surface area contributed by atoms with Crippen LogP contribution in [0.5, 0.6) is 11.5 Å². The Morgan fingerprint density at radius 3 is 2.39 bits per heavy atom. The molecule has 0 bridgehead atoms. The van der Waals surface area contributed by atoms with Crippen LogP contribution in [0.3, 0.4) is 0 Å². The van der Waals surface area contributed by atoms with Gasteiger partial charge in [0.1, 0.15) is 22.8 Å². The Morgan fingerprint density at radius 2 is 1.67 bits per heavy atom. The number of hydrogen-bond donors (Lipinski definition) is 4. The maximum Gasteiger partial charge on any atom is 0.293 e. The van der Waals surface area contributed by atoms with Gasteiger partial charge in [-0.1, -0.05) is 69.3 Å². The highest BCUT2D eigenvalue weighted by Gasteiger charge is 2.51. The quantitative estimate of drug-likeness (QED) is 0.0532. The number of fused-ring (bicyclic) bond motifs is 1. The predicted molar refractivity (Wildman–Crippen MR) is 294 cm³/mol. The lowest BCUT2D eigenvalue weighted by Crippen LogP contribution is -2.62. The molecule has 4 aliphatic rings. The molecule has 10 rings (SSSR count). The molecule has 2 saturated carbocycles. The summed E-state index contributed by atoms with van der Waals surface area (Å²) in [5.41, 5.74) is 6.37. The van der Waals surface area contributed by atoms with E-state index in [-0.39, 0.29) is 34.4 Å². The summed E-state index contributed by atoms with van der Waals surface area (Å²) < 4.78 is 36.3. The van der Waals surface area contributed by atoms with Gasteiger partial charge in [-0.25, -0.2) is 18.1 Å². The van der Waals surface area contributed by atoms with Crippen molar-refractivity contribution in [3.05, 3.63) is 147 Å². The average molecular weight is 1040 g/mol. The standard InChI is InChI=1S/C59H72N8O7S/c1-6-41-11-13-43(14-12-41)38-65-29-30-66(55(40(65)4)50-10-8-7-9-49(50)39(2)3)46-34-59(35-46)24-27-64(28-25-59)45-15-17-51(54(32-45)74-47-31-44-21-26-60-56(44)62-37-47)57(68)63-75(72,73)48-16-18-52(53(33-48)67(70)71)61-36-42-19-22-58(5,69)23-20-42/h7-18,21,26,31-33,37,39-40,42,46,55,61,69H,6,19-20,22-25,27-30,34-36,38H2,1-5H3,(H,60,62)(H,63,68)/t40?,42-,55?,58-. The Bertz CT molecular complexity index is 3130. The van der Waals surface area contributed by atoms with E-state index < -0.39 is 37.0 Å². The van der Waals surface area contributed by atoms with Crippen molar-refractivity contribution in [2.24, 2.45) is 11.3 Å². The zero-order valence-corrected chi connectivity index (χ0v) is 44.7. The van der Waals surface area contributed by atoms with Crippen LogP contribution in [0.25, 0.3) is 11.0 Å². The number of nitrogens with one attached hydrogen (secondary N) is 3. The van der Waals surface area contributed by atoms with Gasteiger partial charge in [-0.15, -0.1) is 0 Å². The molecule has 4 heterocycles. The van der Waals surface area contributed by atoms with E-state index in [4.69, 9.17) is 4.74 Å². The number of hydrogen-bond acceptors (Lipinski definition) is 12. The minimum Gasteiger partial charge on any atom is -0.455 e. The monoisotopic (exact) mass is 1040 g/mol. The second-order valence-corrected chi connectivity index (χ2v) is 24.1. The van der Waals surface area contributed by atoms with E-state index in [1.807, 2.05) is 19.1 Å². The molecule has 2 unspecified atom stereocenters. The van der Waals surface area contributed by atoms with Crippen molar-refractivity contribution in [3.8, 4) is 11.5 Å². The number of carbonyl (C=O) groups excluding carboxylic acids is 1. The second kappa shape index (κ2) is 21.4. The number of nitro benzene ring substituents is 1. The van der Waals surface area contributed by atoms with Crippen molar-refractivity contribution in [2.75, 3.05) is 42.9 Å². The third-order valence-corrected chi connectivity index (χ3v) is 18.4. The van der Waals surface area contributed by atoms with E-state index in [2.05, 4.69) is 111 Å². The molecule has 2 aliphatic heterocycles. The molecule has 4 N–H and O–H groups in total. The minimum absolute atomic E-state index is 0.0247. The summed E-state index contributed by atoms with van der Waals surface area (Å²) in [6.07, 6.45) is 11.5. The highest BCUT2D eigenvalue weighted by Crippen LogP contribution is 2.54. The van der Waals surface area contributed by atoms with E-state index >= 15 is 0 Å². The number of aromatic nitrogens is 2. The van der Waals surface area contributed by atoms with Gasteiger partial charge in [0.05, 0.1) is 33.2 Å². The predicted octanol–water partition coefficient (Wildman–Crippen LogP) is 11.1. The molecular formula is C59H72N8O7S. The lowest BCUT2D eigenvalue weighted by Gasteiger charge is -2.59. The number of nitro groups is 1. The van der Waals surface area contributed by atoms with Crippen LogP contribution in [0.1, 0.15) is 131 Å². The number of piperazine rings is 1. The van der Waals surface area contributed by atoms with E-state index in [0.717, 1.165) is 94.8 Å². The van der Waals surface area contributed by atoms with Crippen LogP contribution in [0, 0.1) is 21.4 Å². The molecule has 15 nitrogen and oxygen atoms in total. The van der Waals surface area contributed by atoms with Gasteiger partial charge in [-0.3, -0.25) is 24.7 Å². The van der Waals surface area contributed by atoms with Crippen LogP contribution in [0.4, 0.5) is 17.1 Å². The molecule has 1 amide bonds. The van der Waals surface area contributed by atoms with Crippen molar-refractivity contribution in [1.82, 2.24) is 24.5 Å². The number of rotatable bonds is 16. The molecule has 396 valence electrons. The molecule has 75 heavy (non-hydrogen) atoms. The summed E-state index contributed by atoms with van der Waals surface area (Å²) in [5, 5.41) is 26.5. The number of H-pyrrole nitrogens is 1. The van der Waals surface area contributed by atoms with Crippen molar-refractivity contribution in [1.29, 1.82) is 0 Å². The smallest absolute Gasteiger partial charge is 0.293 e. The number of aryl methyl sites for hydroxylation is 1. The molecule has 6 aromatic rings. The Balaban J connectivity index is 0.837. The van der Waals surface area contributed by atoms with Gasteiger partial charge in [0.2, 0.25) is 0 Å². The first-order valence-corrected chi connectivity index (χ1v) is 28.4. The van der Waals surface area contributed by atoms with Gasteiger partial charge in [0.15, 0.2) is 0 Å². The summed E-state index contributed by atoms with van der Waals surface area (Å²) in [4.78, 5) is 40.7. The van der Waals surface area contributed by atoms with Crippen molar-refractivity contribution >= 4 is 44.0 Å².